The van der Waals surface area contributed by atoms with Gasteiger partial charge in [0.15, 0.2) is 0 Å². The number of hydrogen-bond donors (Lipinski definition) is 3. The molecule has 1 saturated heterocycles. The molecule has 1 unspecified atom stereocenters. The standard InChI is InChI=1S/C31H43N3O6S/c1-8-31(9-2,30(38)34-16-10-11-17-34)29(37)32-26(28(35)36)18-24-12-14-25(15-13-24)33-41(39,40)27-22(6)20(4)19(3)21(5)23(27)7/h12-15,26,33H,8-11,16-18H2,1-7H3,(H,32,37)(H,35,36). The molecule has 1 aliphatic rings. The van der Waals surface area contributed by atoms with E-state index in [2.05, 4.69) is 10.0 Å². The van der Waals surface area contributed by atoms with Crippen molar-refractivity contribution in [1.82, 2.24) is 10.2 Å². The van der Waals surface area contributed by atoms with Crippen LogP contribution < -0.4 is 10.0 Å². The van der Waals surface area contributed by atoms with Gasteiger partial charge in [0.25, 0.3) is 10.0 Å². The largest absolute Gasteiger partial charge is 0.480 e. The lowest BCUT2D eigenvalue weighted by atomic mass is 9.79. The summed E-state index contributed by atoms with van der Waals surface area (Å²) in [6.45, 7) is 14.2. The van der Waals surface area contributed by atoms with E-state index in [4.69, 9.17) is 0 Å². The molecule has 0 saturated carbocycles. The Kier molecular flexibility index (Phi) is 9.89. The average Bonchev–Trinajstić information content (AvgIpc) is 3.47. The first-order valence-electron chi connectivity index (χ1n) is 14.2. The maximum absolute atomic E-state index is 13.4. The molecule has 0 aliphatic carbocycles. The highest BCUT2D eigenvalue weighted by Gasteiger charge is 2.46. The molecule has 10 heteroatoms. The van der Waals surface area contributed by atoms with Crippen LogP contribution in [0.5, 0.6) is 0 Å². The summed E-state index contributed by atoms with van der Waals surface area (Å²) in [5.74, 6) is -2.04. The summed E-state index contributed by atoms with van der Waals surface area (Å²) in [6.07, 6.45) is 2.30. The van der Waals surface area contributed by atoms with E-state index < -0.39 is 33.4 Å². The molecule has 1 heterocycles. The minimum Gasteiger partial charge on any atom is -0.480 e. The van der Waals surface area contributed by atoms with E-state index in [1.807, 2.05) is 20.8 Å². The molecule has 224 valence electrons. The van der Waals surface area contributed by atoms with Crippen LogP contribution in [0.15, 0.2) is 29.2 Å². The highest BCUT2D eigenvalue weighted by atomic mass is 32.2. The number of hydrogen-bond acceptors (Lipinski definition) is 5. The molecule has 0 bridgehead atoms. The van der Waals surface area contributed by atoms with Crippen molar-refractivity contribution in [3.05, 3.63) is 57.6 Å². The van der Waals surface area contributed by atoms with Crippen molar-refractivity contribution in [3.63, 3.8) is 0 Å². The number of amides is 2. The lowest BCUT2D eigenvalue weighted by molar-refractivity contribution is -0.153. The molecule has 2 amide bonds. The second-order valence-corrected chi connectivity index (χ2v) is 12.7. The number of aliphatic carboxylic acids is 1. The van der Waals surface area contributed by atoms with E-state index in [-0.39, 0.29) is 30.1 Å². The van der Waals surface area contributed by atoms with Crippen LogP contribution >= 0.6 is 0 Å². The first-order valence-corrected chi connectivity index (χ1v) is 15.7. The van der Waals surface area contributed by atoms with Gasteiger partial charge in [0, 0.05) is 25.2 Å². The third-order valence-electron chi connectivity index (χ3n) is 8.89. The zero-order valence-corrected chi connectivity index (χ0v) is 26.0. The minimum atomic E-state index is -3.88. The number of carboxylic acids is 1. The van der Waals surface area contributed by atoms with Gasteiger partial charge in [-0.15, -0.1) is 0 Å². The normalized spacial score (nSPS) is 14.6. The van der Waals surface area contributed by atoms with Crippen molar-refractivity contribution < 1.29 is 27.9 Å². The fourth-order valence-corrected chi connectivity index (χ4v) is 7.37. The predicted octanol–water partition coefficient (Wildman–Crippen LogP) is 4.57. The Balaban J connectivity index is 1.78. The molecule has 0 radical (unpaired) electrons. The van der Waals surface area contributed by atoms with Crippen LogP contribution in [0.2, 0.25) is 0 Å². The smallest absolute Gasteiger partial charge is 0.326 e. The summed E-state index contributed by atoms with van der Waals surface area (Å²) in [6, 6.07) is 5.16. The molecule has 0 aromatic heterocycles. The fraction of sp³-hybridized carbons (Fsp3) is 0.516. The number of sulfonamides is 1. The van der Waals surface area contributed by atoms with Gasteiger partial charge in [-0.3, -0.25) is 14.3 Å². The molecule has 1 atom stereocenters. The summed E-state index contributed by atoms with van der Waals surface area (Å²) in [7, 11) is -3.88. The number of rotatable bonds is 11. The number of carbonyl (C=O) groups excluding carboxylic acids is 2. The highest BCUT2D eigenvalue weighted by Crippen LogP contribution is 2.32. The Morgan fingerprint density at radius 3 is 1.83 bits per heavy atom. The van der Waals surface area contributed by atoms with E-state index in [0.717, 1.165) is 29.5 Å². The molecule has 41 heavy (non-hydrogen) atoms. The van der Waals surface area contributed by atoms with E-state index in [0.29, 0.717) is 35.5 Å². The third kappa shape index (κ3) is 6.42. The molecule has 3 rings (SSSR count). The molecule has 1 fully saturated rings. The molecule has 2 aromatic rings. The molecule has 3 N–H and O–H groups in total. The fourth-order valence-electron chi connectivity index (χ4n) is 5.71. The first-order chi connectivity index (χ1) is 19.2. The maximum atomic E-state index is 13.4. The molecule has 1 aliphatic heterocycles. The number of carboxylic acid groups (broad SMARTS) is 1. The van der Waals surface area contributed by atoms with Gasteiger partial charge in [-0.05, 0) is 106 Å². The van der Waals surface area contributed by atoms with Gasteiger partial charge in [0.1, 0.15) is 11.5 Å². The van der Waals surface area contributed by atoms with Crippen LogP contribution in [-0.2, 0) is 30.8 Å². The van der Waals surface area contributed by atoms with Crippen LogP contribution in [0.3, 0.4) is 0 Å². The molecule has 2 aromatic carbocycles. The zero-order chi connectivity index (χ0) is 30.7. The van der Waals surface area contributed by atoms with Gasteiger partial charge in [0.05, 0.1) is 4.90 Å². The van der Waals surface area contributed by atoms with Crippen molar-refractivity contribution in [2.75, 3.05) is 17.8 Å². The lowest BCUT2D eigenvalue weighted by Crippen LogP contribution is -2.55. The molecule has 0 spiro atoms. The monoisotopic (exact) mass is 585 g/mol. The van der Waals surface area contributed by atoms with Crippen molar-refractivity contribution in [3.8, 4) is 0 Å². The zero-order valence-electron chi connectivity index (χ0n) is 25.2. The molecule has 9 nitrogen and oxygen atoms in total. The summed E-state index contributed by atoms with van der Waals surface area (Å²) in [4.78, 5) is 40.8. The van der Waals surface area contributed by atoms with Gasteiger partial charge >= 0.3 is 5.97 Å². The Labute approximate surface area is 243 Å². The number of likely N-dealkylation sites (tertiary alicyclic amines) is 1. The van der Waals surface area contributed by atoms with Crippen LogP contribution in [0.25, 0.3) is 0 Å². The highest BCUT2D eigenvalue weighted by molar-refractivity contribution is 7.92. The number of benzene rings is 2. The topological polar surface area (TPSA) is 133 Å². The van der Waals surface area contributed by atoms with Gasteiger partial charge < -0.3 is 15.3 Å². The summed E-state index contributed by atoms with van der Waals surface area (Å²) < 4.78 is 29.4. The van der Waals surface area contributed by atoms with Crippen molar-refractivity contribution in [2.45, 2.75) is 91.5 Å². The average molecular weight is 586 g/mol. The summed E-state index contributed by atoms with van der Waals surface area (Å²) in [5.41, 5.74) is 3.96. The number of nitrogens with one attached hydrogen (secondary N) is 2. The van der Waals surface area contributed by atoms with E-state index in [1.165, 1.54) is 0 Å². The van der Waals surface area contributed by atoms with E-state index >= 15 is 0 Å². The maximum Gasteiger partial charge on any atom is 0.326 e. The second-order valence-electron chi connectivity index (χ2n) is 11.1. The predicted molar refractivity (Wildman–Crippen MR) is 159 cm³/mol. The SMILES string of the molecule is CCC(CC)(C(=O)NC(Cc1ccc(NS(=O)(=O)c2c(C)c(C)c(C)c(C)c2C)cc1)C(=O)O)C(=O)N1CCCC1. The molecular weight excluding hydrogens is 542 g/mol. The Morgan fingerprint density at radius 1 is 0.878 bits per heavy atom. The van der Waals surface area contributed by atoms with Crippen LogP contribution in [0, 0.1) is 40.0 Å². The second kappa shape index (κ2) is 12.6. The van der Waals surface area contributed by atoms with Gasteiger partial charge in [-0.1, -0.05) is 26.0 Å². The van der Waals surface area contributed by atoms with Crippen molar-refractivity contribution in [1.29, 1.82) is 0 Å². The van der Waals surface area contributed by atoms with Crippen molar-refractivity contribution >= 4 is 33.5 Å². The van der Waals surface area contributed by atoms with Crippen LogP contribution in [-0.4, -0.2) is 55.3 Å². The lowest BCUT2D eigenvalue weighted by Gasteiger charge is -2.34. The van der Waals surface area contributed by atoms with E-state index in [1.54, 1.807) is 56.9 Å². The Hall–Kier alpha value is -3.40. The van der Waals surface area contributed by atoms with Gasteiger partial charge in [-0.2, -0.15) is 0 Å². The quantitative estimate of drug-likeness (QED) is 0.331. The Bertz CT molecular complexity index is 1390. The van der Waals surface area contributed by atoms with Gasteiger partial charge in [0.2, 0.25) is 11.8 Å². The third-order valence-corrected chi connectivity index (χ3v) is 10.5. The first kappa shape index (κ1) is 32.1. The minimum absolute atomic E-state index is 0.0237. The summed E-state index contributed by atoms with van der Waals surface area (Å²) >= 11 is 0. The van der Waals surface area contributed by atoms with E-state index in [9.17, 15) is 27.9 Å². The molecular formula is C31H43N3O6S. The number of anilines is 1. The Morgan fingerprint density at radius 2 is 1.37 bits per heavy atom. The van der Waals surface area contributed by atoms with Gasteiger partial charge in [-0.25, -0.2) is 13.2 Å². The van der Waals surface area contributed by atoms with Crippen molar-refractivity contribution in [2.24, 2.45) is 5.41 Å². The van der Waals surface area contributed by atoms with Crippen LogP contribution in [0.1, 0.15) is 72.9 Å². The van der Waals surface area contributed by atoms with Crippen LogP contribution in [0.4, 0.5) is 5.69 Å². The summed E-state index contributed by atoms with van der Waals surface area (Å²) in [5, 5.41) is 12.5. The number of nitrogens with zero attached hydrogens (tertiary/aromatic N) is 1. The number of carbonyl (C=O) groups is 3.